The molecule has 8 nitrogen and oxygen atoms in total. The summed E-state index contributed by atoms with van der Waals surface area (Å²) in [6, 6.07) is 12.3. The standard InChI is InChI=1S/C27H35N3O5/c1-4-29(20(3)31)18-22-11-7-8-12-23(22)28-27(33)21-13-14-24(25(17-21)34-5-2)35-19-26(32)30-15-9-6-10-16-30/h7-8,11-14,17H,4-6,9-10,15-16,18-19H2,1-3H3,(H,28,33). The molecule has 1 N–H and O–H groups in total. The van der Waals surface area contributed by atoms with E-state index < -0.39 is 0 Å². The number of carbonyl (C=O) groups excluding carboxylic acids is 3. The van der Waals surface area contributed by atoms with Gasteiger partial charge in [0.1, 0.15) is 0 Å². The first-order chi connectivity index (χ1) is 16.9. The number of rotatable bonds is 10. The van der Waals surface area contributed by atoms with Gasteiger partial charge in [0, 0.05) is 44.4 Å². The molecule has 0 bridgehead atoms. The average Bonchev–Trinajstić information content (AvgIpc) is 2.87. The predicted octanol–water partition coefficient (Wildman–Crippen LogP) is 4.10. The third kappa shape index (κ3) is 7.21. The summed E-state index contributed by atoms with van der Waals surface area (Å²) in [5.74, 6) is 0.463. The highest BCUT2D eigenvalue weighted by molar-refractivity contribution is 6.05. The number of benzene rings is 2. The van der Waals surface area contributed by atoms with Crippen LogP contribution in [0, 0.1) is 0 Å². The number of carbonyl (C=O) groups is 3. The number of likely N-dealkylation sites (tertiary alicyclic amines) is 1. The maximum atomic E-state index is 13.0. The summed E-state index contributed by atoms with van der Waals surface area (Å²) in [4.78, 5) is 40.9. The molecule has 0 atom stereocenters. The fraction of sp³-hybridized carbons (Fsp3) is 0.444. The summed E-state index contributed by atoms with van der Waals surface area (Å²) in [7, 11) is 0. The first-order valence-electron chi connectivity index (χ1n) is 12.2. The summed E-state index contributed by atoms with van der Waals surface area (Å²) in [6.07, 6.45) is 3.20. The number of piperidine rings is 1. The molecule has 1 aliphatic heterocycles. The minimum atomic E-state index is -0.305. The molecule has 0 aliphatic carbocycles. The van der Waals surface area contributed by atoms with E-state index in [0.29, 0.717) is 42.4 Å². The van der Waals surface area contributed by atoms with Crippen LogP contribution in [0.3, 0.4) is 0 Å². The molecule has 0 radical (unpaired) electrons. The third-order valence-electron chi connectivity index (χ3n) is 6.02. The molecule has 3 rings (SSSR count). The number of hydrogen-bond acceptors (Lipinski definition) is 5. The number of anilines is 1. The zero-order chi connectivity index (χ0) is 25.2. The fourth-order valence-corrected chi connectivity index (χ4v) is 4.04. The van der Waals surface area contributed by atoms with E-state index in [4.69, 9.17) is 9.47 Å². The van der Waals surface area contributed by atoms with Gasteiger partial charge < -0.3 is 24.6 Å². The molecular formula is C27H35N3O5. The van der Waals surface area contributed by atoms with Gasteiger partial charge in [-0.3, -0.25) is 14.4 Å². The highest BCUT2D eigenvalue weighted by Crippen LogP contribution is 2.29. The summed E-state index contributed by atoms with van der Waals surface area (Å²) >= 11 is 0. The lowest BCUT2D eigenvalue weighted by Gasteiger charge is -2.26. The molecule has 188 valence electrons. The Kier molecular flexibility index (Phi) is 9.52. The Morgan fingerprint density at radius 3 is 2.40 bits per heavy atom. The molecule has 0 unspecified atom stereocenters. The van der Waals surface area contributed by atoms with Crippen molar-refractivity contribution in [3.05, 3.63) is 53.6 Å². The minimum absolute atomic E-state index is 0.0238. The van der Waals surface area contributed by atoms with Crippen molar-refractivity contribution in [3.8, 4) is 11.5 Å². The van der Waals surface area contributed by atoms with E-state index in [2.05, 4.69) is 5.32 Å². The van der Waals surface area contributed by atoms with Crippen LogP contribution >= 0.6 is 0 Å². The third-order valence-corrected chi connectivity index (χ3v) is 6.02. The summed E-state index contributed by atoms with van der Waals surface area (Å²) in [5, 5.41) is 2.94. The van der Waals surface area contributed by atoms with Gasteiger partial charge in [0.05, 0.1) is 6.61 Å². The van der Waals surface area contributed by atoms with Crippen molar-refractivity contribution < 1.29 is 23.9 Å². The molecule has 0 saturated carbocycles. The van der Waals surface area contributed by atoms with Crippen molar-refractivity contribution >= 4 is 23.4 Å². The summed E-state index contributed by atoms with van der Waals surface area (Å²) < 4.78 is 11.5. The van der Waals surface area contributed by atoms with Crippen LogP contribution in [0.4, 0.5) is 5.69 Å². The Balaban J connectivity index is 1.71. The quantitative estimate of drug-likeness (QED) is 0.552. The first-order valence-corrected chi connectivity index (χ1v) is 12.2. The van der Waals surface area contributed by atoms with E-state index in [1.807, 2.05) is 43.0 Å². The van der Waals surface area contributed by atoms with Crippen LogP contribution in [-0.2, 0) is 16.1 Å². The van der Waals surface area contributed by atoms with Gasteiger partial charge in [-0.2, -0.15) is 0 Å². The van der Waals surface area contributed by atoms with Crippen molar-refractivity contribution in [1.29, 1.82) is 0 Å². The van der Waals surface area contributed by atoms with Crippen LogP contribution in [0.15, 0.2) is 42.5 Å². The van der Waals surface area contributed by atoms with E-state index in [-0.39, 0.29) is 24.3 Å². The van der Waals surface area contributed by atoms with Crippen LogP contribution in [0.2, 0.25) is 0 Å². The highest BCUT2D eigenvalue weighted by atomic mass is 16.5. The molecule has 2 aromatic carbocycles. The van der Waals surface area contributed by atoms with Crippen LogP contribution in [-0.4, -0.2) is 60.4 Å². The lowest BCUT2D eigenvalue weighted by molar-refractivity contribution is -0.134. The fourth-order valence-electron chi connectivity index (χ4n) is 4.04. The van der Waals surface area contributed by atoms with Gasteiger partial charge in [0.25, 0.3) is 11.8 Å². The van der Waals surface area contributed by atoms with E-state index in [0.717, 1.165) is 37.9 Å². The molecule has 2 aromatic rings. The lowest BCUT2D eigenvalue weighted by atomic mass is 10.1. The molecule has 1 heterocycles. The van der Waals surface area contributed by atoms with Gasteiger partial charge in [-0.1, -0.05) is 18.2 Å². The Bertz CT molecular complexity index is 1030. The van der Waals surface area contributed by atoms with Gasteiger partial charge in [-0.05, 0) is 62.9 Å². The second kappa shape index (κ2) is 12.8. The molecule has 1 aliphatic rings. The van der Waals surface area contributed by atoms with Crippen LogP contribution < -0.4 is 14.8 Å². The zero-order valence-electron chi connectivity index (χ0n) is 20.8. The maximum absolute atomic E-state index is 13.0. The second-order valence-electron chi connectivity index (χ2n) is 8.47. The topological polar surface area (TPSA) is 88.2 Å². The molecular weight excluding hydrogens is 446 g/mol. The molecule has 1 fully saturated rings. The molecule has 8 heteroatoms. The van der Waals surface area contributed by atoms with Crippen molar-refractivity contribution in [2.45, 2.75) is 46.6 Å². The number of nitrogens with one attached hydrogen (secondary N) is 1. The van der Waals surface area contributed by atoms with E-state index >= 15 is 0 Å². The number of hydrogen-bond donors (Lipinski definition) is 1. The van der Waals surface area contributed by atoms with Crippen LogP contribution in [0.25, 0.3) is 0 Å². The van der Waals surface area contributed by atoms with Crippen LogP contribution in [0.1, 0.15) is 56.0 Å². The minimum Gasteiger partial charge on any atom is -0.490 e. The van der Waals surface area contributed by atoms with Crippen LogP contribution in [0.5, 0.6) is 11.5 Å². The molecule has 3 amide bonds. The van der Waals surface area contributed by atoms with Crippen molar-refractivity contribution in [1.82, 2.24) is 9.80 Å². The summed E-state index contributed by atoms with van der Waals surface area (Å²) in [5.41, 5.74) is 1.89. The number of para-hydroxylation sites is 1. The SMILES string of the molecule is CCOc1cc(C(=O)Nc2ccccc2CN(CC)C(C)=O)ccc1OCC(=O)N1CCCCC1. The molecule has 35 heavy (non-hydrogen) atoms. The Labute approximate surface area is 207 Å². The number of amides is 3. The van der Waals surface area contributed by atoms with Crippen molar-refractivity contribution in [2.75, 3.05) is 38.2 Å². The monoisotopic (exact) mass is 481 g/mol. The zero-order valence-corrected chi connectivity index (χ0v) is 20.8. The normalized spacial score (nSPS) is 13.2. The van der Waals surface area contributed by atoms with Gasteiger partial charge in [-0.25, -0.2) is 0 Å². The van der Waals surface area contributed by atoms with Gasteiger partial charge >= 0.3 is 0 Å². The largest absolute Gasteiger partial charge is 0.490 e. The first kappa shape index (κ1) is 26.1. The van der Waals surface area contributed by atoms with Gasteiger partial charge in [0.2, 0.25) is 5.91 Å². The average molecular weight is 482 g/mol. The predicted molar refractivity (Wildman–Crippen MR) is 135 cm³/mol. The summed E-state index contributed by atoms with van der Waals surface area (Å²) in [6.45, 7) is 8.14. The Hall–Kier alpha value is -3.55. The Morgan fingerprint density at radius 2 is 1.71 bits per heavy atom. The smallest absolute Gasteiger partial charge is 0.260 e. The maximum Gasteiger partial charge on any atom is 0.260 e. The Morgan fingerprint density at radius 1 is 0.971 bits per heavy atom. The molecule has 1 saturated heterocycles. The second-order valence-corrected chi connectivity index (χ2v) is 8.47. The van der Waals surface area contributed by atoms with E-state index in [9.17, 15) is 14.4 Å². The number of nitrogens with zero attached hydrogens (tertiary/aromatic N) is 2. The van der Waals surface area contributed by atoms with Gasteiger partial charge in [0.15, 0.2) is 18.1 Å². The van der Waals surface area contributed by atoms with Gasteiger partial charge in [-0.15, -0.1) is 0 Å². The van der Waals surface area contributed by atoms with E-state index in [1.165, 1.54) is 6.92 Å². The molecule has 0 aromatic heterocycles. The lowest BCUT2D eigenvalue weighted by Crippen LogP contribution is -2.38. The molecule has 0 spiro atoms. The van der Waals surface area contributed by atoms with Crippen molar-refractivity contribution in [2.24, 2.45) is 0 Å². The van der Waals surface area contributed by atoms with E-state index in [1.54, 1.807) is 23.1 Å². The highest BCUT2D eigenvalue weighted by Gasteiger charge is 2.19. The number of ether oxygens (including phenoxy) is 2. The van der Waals surface area contributed by atoms with Crippen molar-refractivity contribution in [3.63, 3.8) is 0 Å².